The van der Waals surface area contributed by atoms with Gasteiger partial charge in [-0.2, -0.15) is 0 Å². The lowest BCUT2D eigenvalue weighted by Crippen LogP contribution is -2.48. The minimum absolute atomic E-state index is 0.779. The molecule has 0 spiro atoms. The molecule has 3 rings (SSSR count). The fourth-order valence-electron chi connectivity index (χ4n) is 3.37. The van der Waals surface area contributed by atoms with Crippen molar-refractivity contribution in [2.75, 3.05) is 26.3 Å². The second-order valence-electron chi connectivity index (χ2n) is 5.24. The average Bonchev–Trinajstić information content (AvgIpc) is 2.39. The highest BCUT2D eigenvalue weighted by Gasteiger charge is 2.42. The van der Waals surface area contributed by atoms with E-state index >= 15 is 0 Å². The highest BCUT2D eigenvalue weighted by molar-refractivity contribution is 4.94. The van der Waals surface area contributed by atoms with Crippen LogP contribution in [-0.2, 0) is 4.74 Å². The van der Waals surface area contributed by atoms with Gasteiger partial charge in [0.25, 0.3) is 0 Å². The summed E-state index contributed by atoms with van der Waals surface area (Å²) in [5.74, 6) is 3.04. The van der Waals surface area contributed by atoms with Gasteiger partial charge in [-0.05, 0) is 30.6 Å². The minimum Gasteiger partial charge on any atom is -0.378 e. The van der Waals surface area contributed by atoms with E-state index in [0.717, 1.165) is 37.0 Å². The van der Waals surface area contributed by atoms with Crippen molar-refractivity contribution in [2.24, 2.45) is 17.8 Å². The highest BCUT2D eigenvalue weighted by Crippen LogP contribution is 2.42. The van der Waals surface area contributed by atoms with Gasteiger partial charge in [-0.1, -0.05) is 6.92 Å². The Morgan fingerprint density at radius 3 is 2.15 bits per heavy atom. The molecule has 3 atom stereocenters. The molecule has 1 aliphatic carbocycles. The molecule has 0 aromatic rings. The Hall–Kier alpha value is -0.0800. The van der Waals surface area contributed by atoms with Crippen LogP contribution in [0.5, 0.6) is 0 Å². The number of likely N-dealkylation sites (tertiary alicyclic amines) is 1. The highest BCUT2D eigenvalue weighted by atomic mass is 16.5. The van der Waals surface area contributed by atoms with E-state index in [0.29, 0.717) is 0 Å². The quantitative estimate of drug-likeness (QED) is 0.605. The summed E-state index contributed by atoms with van der Waals surface area (Å²) in [5.41, 5.74) is 0. The van der Waals surface area contributed by atoms with Crippen molar-refractivity contribution in [2.45, 2.75) is 25.8 Å². The number of fused-ring (bicyclic) bond motifs is 1. The molecule has 0 aromatic heterocycles. The first-order chi connectivity index (χ1) is 6.33. The lowest BCUT2D eigenvalue weighted by molar-refractivity contribution is -0.0596. The van der Waals surface area contributed by atoms with Gasteiger partial charge in [0.05, 0.1) is 19.3 Å². The van der Waals surface area contributed by atoms with E-state index in [2.05, 4.69) is 11.8 Å². The van der Waals surface area contributed by atoms with Crippen molar-refractivity contribution in [1.82, 2.24) is 4.90 Å². The van der Waals surface area contributed by atoms with Crippen molar-refractivity contribution in [3.8, 4) is 0 Å². The summed E-state index contributed by atoms with van der Waals surface area (Å²) in [7, 11) is 0. The molecule has 13 heavy (non-hydrogen) atoms. The van der Waals surface area contributed by atoms with Gasteiger partial charge in [0.2, 0.25) is 0 Å². The van der Waals surface area contributed by atoms with Crippen LogP contribution in [0.4, 0.5) is 0 Å². The van der Waals surface area contributed by atoms with Crippen LogP contribution in [0.25, 0.3) is 0 Å². The number of rotatable bonds is 1. The Morgan fingerprint density at radius 2 is 1.69 bits per heavy atom. The molecule has 0 bridgehead atoms. The van der Waals surface area contributed by atoms with E-state index < -0.39 is 0 Å². The van der Waals surface area contributed by atoms with Crippen molar-refractivity contribution >= 4 is 0 Å². The zero-order valence-electron chi connectivity index (χ0n) is 8.41. The lowest BCUT2D eigenvalue weighted by Gasteiger charge is -2.35. The van der Waals surface area contributed by atoms with Crippen molar-refractivity contribution in [1.29, 1.82) is 0 Å². The van der Waals surface area contributed by atoms with E-state index in [-0.39, 0.29) is 0 Å². The summed E-state index contributed by atoms with van der Waals surface area (Å²) in [6.07, 6.45) is 2.96. The summed E-state index contributed by atoms with van der Waals surface area (Å²) in [6, 6.07) is 0.779. The maximum atomic E-state index is 5.25. The Balaban J connectivity index is 1.61. The first kappa shape index (κ1) is 8.25. The molecule has 0 N–H and O–H groups in total. The Kier molecular flexibility index (Phi) is 1.88. The largest absolute Gasteiger partial charge is 0.378 e. The number of ether oxygens (including phenoxy) is 1. The summed E-state index contributed by atoms with van der Waals surface area (Å²) >= 11 is 0. The summed E-state index contributed by atoms with van der Waals surface area (Å²) in [4.78, 5) is 2.67. The van der Waals surface area contributed by atoms with Crippen LogP contribution in [-0.4, -0.2) is 37.2 Å². The smallest absolute Gasteiger partial charge is 0.0645 e. The third-order valence-corrected chi connectivity index (χ3v) is 4.15. The second-order valence-corrected chi connectivity index (χ2v) is 5.24. The van der Waals surface area contributed by atoms with Gasteiger partial charge < -0.3 is 4.74 Å². The van der Waals surface area contributed by atoms with Gasteiger partial charge in [-0.3, -0.25) is 4.90 Å². The van der Waals surface area contributed by atoms with Crippen molar-refractivity contribution < 1.29 is 4.74 Å². The number of hydrogen-bond donors (Lipinski definition) is 0. The normalized spacial score (nSPS) is 46.4. The molecule has 2 nitrogen and oxygen atoms in total. The first-order valence-corrected chi connectivity index (χ1v) is 5.64. The Bertz CT molecular complexity index is 188. The fourth-order valence-corrected chi connectivity index (χ4v) is 3.37. The number of hydrogen-bond acceptors (Lipinski definition) is 2. The van der Waals surface area contributed by atoms with Gasteiger partial charge in [0.15, 0.2) is 0 Å². The second kappa shape index (κ2) is 2.96. The van der Waals surface area contributed by atoms with Gasteiger partial charge in [-0.15, -0.1) is 0 Å². The van der Waals surface area contributed by atoms with Crippen LogP contribution in [0.2, 0.25) is 0 Å². The predicted octanol–water partition coefficient (Wildman–Crippen LogP) is 1.36. The van der Waals surface area contributed by atoms with Gasteiger partial charge in [-0.25, -0.2) is 0 Å². The lowest BCUT2D eigenvalue weighted by atomic mass is 10.0. The maximum Gasteiger partial charge on any atom is 0.0645 e. The topological polar surface area (TPSA) is 12.5 Å². The SMILES string of the molecule is CC1C[C@@H]2CN(C3COC3)C[C@@H]2C1. The molecule has 0 radical (unpaired) electrons. The molecule has 2 aliphatic heterocycles. The third kappa shape index (κ3) is 1.31. The Morgan fingerprint density at radius 1 is 1.08 bits per heavy atom. The molecule has 2 heteroatoms. The average molecular weight is 181 g/mol. The molecule has 0 amide bonds. The van der Waals surface area contributed by atoms with Crippen LogP contribution in [0.1, 0.15) is 19.8 Å². The van der Waals surface area contributed by atoms with Gasteiger partial charge in [0.1, 0.15) is 0 Å². The zero-order valence-corrected chi connectivity index (χ0v) is 8.41. The molecule has 2 saturated heterocycles. The molecule has 1 saturated carbocycles. The minimum atomic E-state index is 0.779. The van der Waals surface area contributed by atoms with E-state index in [1.54, 1.807) is 0 Å². The van der Waals surface area contributed by atoms with Crippen LogP contribution in [0.15, 0.2) is 0 Å². The molecular weight excluding hydrogens is 162 g/mol. The first-order valence-electron chi connectivity index (χ1n) is 5.64. The van der Waals surface area contributed by atoms with E-state index in [4.69, 9.17) is 4.74 Å². The summed E-state index contributed by atoms with van der Waals surface area (Å²) < 4.78 is 5.25. The molecule has 0 aromatic carbocycles. The monoisotopic (exact) mass is 181 g/mol. The summed E-state index contributed by atoms with van der Waals surface area (Å²) in [5, 5.41) is 0. The summed E-state index contributed by atoms with van der Waals surface area (Å²) in [6.45, 7) is 7.13. The number of nitrogens with zero attached hydrogens (tertiary/aromatic N) is 1. The van der Waals surface area contributed by atoms with E-state index in [9.17, 15) is 0 Å². The molecule has 74 valence electrons. The molecule has 3 aliphatic rings. The maximum absolute atomic E-state index is 5.25. The van der Waals surface area contributed by atoms with Crippen molar-refractivity contribution in [3.63, 3.8) is 0 Å². The molecule has 1 unspecified atom stereocenters. The Labute approximate surface area is 80.2 Å². The standard InChI is InChI=1S/C11H19NO/c1-8-2-9-4-12(5-10(9)3-8)11-6-13-7-11/h8-11H,2-7H2,1H3/t8?,9-,10+. The van der Waals surface area contributed by atoms with Crippen molar-refractivity contribution in [3.05, 3.63) is 0 Å². The zero-order chi connectivity index (χ0) is 8.84. The van der Waals surface area contributed by atoms with Gasteiger partial charge >= 0.3 is 0 Å². The molecular formula is C11H19NO. The molecule has 2 heterocycles. The van der Waals surface area contributed by atoms with Gasteiger partial charge in [0, 0.05) is 13.1 Å². The van der Waals surface area contributed by atoms with Crippen LogP contribution in [0.3, 0.4) is 0 Å². The van der Waals surface area contributed by atoms with E-state index in [1.807, 2.05) is 0 Å². The van der Waals surface area contributed by atoms with Crippen LogP contribution >= 0.6 is 0 Å². The molecule has 3 fully saturated rings. The third-order valence-electron chi connectivity index (χ3n) is 4.15. The van der Waals surface area contributed by atoms with Crippen LogP contribution < -0.4 is 0 Å². The van der Waals surface area contributed by atoms with Crippen LogP contribution in [0, 0.1) is 17.8 Å². The van der Waals surface area contributed by atoms with E-state index in [1.165, 1.54) is 25.9 Å². The fraction of sp³-hybridized carbons (Fsp3) is 1.00. The predicted molar refractivity (Wildman–Crippen MR) is 51.6 cm³/mol.